The molecule has 0 spiro atoms. The number of aromatic nitrogens is 2. The molecule has 0 saturated heterocycles. The number of hydrogen-bond acceptors (Lipinski definition) is 5. The van der Waals surface area contributed by atoms with Crippen molar-refractivity contribution in [1.82, 2.24) is 15.1 Å². The second kappa shape index (κ2) is 6.67. The molecule has 2 rings (SSSR count). The molecule has 0 aliphatic heterocycles. The molecule has 20 heavy (non-hydrogen) atoms. The van der Waals surface area contributed by atoms with E-state index in [9.17, 15) is 4.79 Å². The fourth-order valence-electron chi connectivity index (χ4n) is 1.94. The third kappa shape index (κ3) is 3.46. The summed E-state index contributed by atoms with van der Waals surface area (Å²) in [4.78, 5) is 14.4. The average molecular weight is 293 g/mol. The van der Waals surface area contributed by atoms with E-state index in [2.05, 4.69) is 29.5 Å². The number of nitrogens with zero attached hydrogens (tertiary/aromatic N) is 2. The van der Waals surface area contributed by atoms with Crippen LogP contribution in [0.3, 0.4) is 0 Å². The van der Waals surface area contributed by atoms with Crippen LogP contribution in [0.1, 0.15) is 32.7 Å². The predicted octanol–water partition coefficient (Wildman–Crippen LogP) is 2.26. The van der Waals surface area contributed by atoms with Crippen molar-refractivity contribution in [1.29, 1.82) is 0 Å². The van der Waals surface area contributed by atoms with E-state index < -0.39 is 0 Å². The van der Waals surface area contributed by atoms with Gasteiger partial charge in [-0.25, -0.2) is 4.79 Å². The summed E-state index contributed by atoms with van der Waals surface area (Å²) in [5, 5.41) is 7.47. The van der Waals surface area contributed by atoms with Gasteiger partial charge in [0.25, 0.3) is 0 Å². The topological polar surface area (TPSA) is 56.1 Å². The fraction of sp³-hybridized carbons (Fsp3) is 0.429. The summed E-state index contributed by atoms with van der Waals surface area (Å²) < 4.78 is 6.74. The Kier molecular flexibility index (Phi) is 4.92. The normalized spacial score (nSPS) is 10.8. The molecule has 0 aliphatic rings. The molecule has 0 radical (unpaired) electrons. The fourth-order valence-corrected chi connectivity index (χ4v) is 2.80. The zero-order valence-electron chi connectivity index (χ0n) is 12.0. The standard InChI is InChI=1S/C14H19N3O2S/c1-4-19-14(18)12-8-16-17(3)13(12)9-15-7-11-6-5-10(2)20-11/h5-6,8,15H,4,7,9H2,1-3H3. The van der Waals surface area contributed by atoms with Gasteiger partial charge in [0.15, 0.2) is 0 Å². The van der Waals surface area contributed by atoms with Crippen molar-refractivity contribution < 1.29 is 9.53 Å². The first kappa shape index (κ1) is 14.7. The zero-order valence-corrected chi connectivity index (χ0v) is 12.8. The van der Waals surface area contributed by atoms with Crippen LogP contribution in [0.15, 0.2) is 18.3 Å². The minimum absolute atomic E-state index is 0.315. The van der Waals surface area contributed by atoms with Crippen molar-refractivity contribution in [3.8, 4) is 0 Å². The van der Waals surface area contributed by atoms with Crippen molar-refractivity contribution in [2.24, 2.45) is 7.05 Å². The third-order valence-electron chi connectivity index (χ3n) is 2.94. The average Bonchev–Trinajstić information content (AvgIpc) is 2.97. The van der Waals surface area contributed by atoms with Gasteiger partial charge in [-0.15, -0.1) is 11.3 Å². The van der Waals surface area contributed by atoms with E-state index in [1.54, 1.807) is 29.1 Å². The molecule has 2 aromatic heterocycles. The zero-order chi connectivity index (χ0) is 14.5. The van der Waals surface area contributed by atoms with E-state index in [1.807, 2.05) is 7.05 Å². The summed E-state index contributed by atoms with van der Waals surface area (Å²) in [6.07, 6.45) is 1.56. The Morgan fingerprint density at radius 1 is 1.45 bits per heavy atom. The van der Waals surface area contributed by atoms with Crippen molar-refractivity contribution in [2.45, 2.75) is 26.9 Å². The van der Waals surface area contributed by atoms with E-state index >= 15 is 0 Å². The number of rotatable bonds is 6. The number of carbonyl (C=O) groups excluding carboxylic acids is 1. The molecule has 1 N–H and O–H groups in total. The van der Waals surface area contributed by atoms with E-state index in [4.69, 9.17) is 4.74 Å². The van der Waals surface area contributed by atoms with Crippen LogP contribution in [-0.4, -0.2) is 22.4 Å². The van der Waals surface area contributed by atoms with Gasteiger partial charge in [0.2, 0.25) is 0 Å². The van der Waals surface area contributed by atoms with Gasteiger partial charge in [-0.2, -0.15) is 5.10 Å². The molecule has 0 amide bonds. The monoisotopic (exact) mass is 293 g/mol. The van der Waals surface area contributed by atoms with E-state index in [0.717, 1.165) is 12.2 Å². The molecule has 6 heteroatoms. The molecule has 0 saturated carbocycles. The van der Waals surface area contributed by atoms with Crippen LogP contribution < -0.4 is 5.32 Å². The van der Waals surface area contributed by atoms with Crippen LogP contribution >= 0.6 is 11.3 Å². The summed E-state index contributed by atoms with van der Waals surface area (Å²) in [5.41, 5.74) is 1.38. The molecule has 2 heterocycles. The summed E-state index contributed by atoms with van der Waals surface area (Å²) in [6, 6.07) is 4.22. The quantitative estimate of drug-likeness (QED) is 0.830. The number of aryl methyl sites for hydroxylation is 2. The van der Waals surface area contributed by atoms with Gasteiger partial charge in [-0.05, 0) is 26.0 Å². The lowest BCUT2D eigenvalue weighted by Gasteiger charge is -2.07. The van der Waals surface area contributed by atoms with E-state index in [0.29, 0.717) is 18.7 Å². The first-order valence-electron chi connectivity index (χ1n) is 6.55. The number of esters is 1. The molecular weight excluding hydrogens is 274 g/mol. The van der Waals surface area contributed by atoms with Gasteiger partial charge in [-0.1, -0.05) is 0 Å². The van der Waals surface area contributed by atoms with Crippen molar-refractivity contribution in [3.63, 3.8) is 0 Å². The molecule has 0 aliphatic carbocycles. The van der Waals surface area contributed by atoms with Crippen LogP contribution in [0.5, 0.6) is 0 Å². The molecule has 5 nitrogen and oxygen atoms in total. The lowest BCUT2D eigenvalue weighted by Crippen LogP contribution is -2.18. The van der Waals surface area contributed by atoms with E-state index in [1.165, 1.54) is 9.75 Å². The first-order chi connectivity index (χ1) is 9.61. The van der Waals surface area contributed by atoms with Crippen LogP contribution in [-0.2, 0) is 24.9 Å². The summed E-state index contributed by atoms with van der Waals surface area (Å²) in [5.74, 6) is -0.315. The molecule has 0 unspecified atom stereocenters. The number of carbonyl (C=O) groups is 1. The van der Waals surface area contributed by atoms with Gasteiger partial charge in [0, 0.05) is 29.9 Å². The highest BCUT2D eigenvalue weighted by atomic mass is 32.1. The summed E-state index contributed by atoms with van der Waals surface area (Å²) >= 11 is 1.77. The predicted molar refractivity (Wildman–Crippen MR) is 78.8 cm³/mol. The number of nitrogens with one attached hydrogen (secondary N) is 1. The molecule has 108 valence electrons. The molecular formula is C14H19N3O2S. The Labute approximate surface area is 122 Å². The molecule has 0 bridgehead atoms. The Morgan fingerprint density at radius 2 is 2.25 bits per heavy atom. The van der Waals surface area contributed by atoms with Gasteiger partial charge in [0.05, 0.1) is 18.5 Å². The minimum Gasteiger partial charge on any atom is -0.462 e. The largest absolute Gasteiger partial charge is 0.462 e. The van der Waals surface area contributed by atoms with Gasteiger partial charge in [-0.3, -0.25) is 4.68 Å². The maximum atomic E-state index is 11.8. The number of thiophene rings is 1. The van der Waals surface area contributed by atoms with Crippen molar-refractivity contribution in [2.75, 3.05) is 6.61 Å². The van der Waals surface area contributed by atoms with Gasteiger partial charge < -0.3 is 10.1 Å². The van der Waals surface area contributed by atoms with Crippen molar-refractivity contribution in [3.05, 3.63) is 39.3 Å². The maximum Gasteiger partial charge on any atom is 0.341 e. The lowest BCUT2D eigenvalue weighted by atomic mass is 10.2. The maximum absolute atomic E-state index is 11.8. The van der Waals surface area contributed by atoms with Crippen LogP contribution in [0, 0.1) is 6.92 Å². The SMILES string of the molecule is CCOC(=O)c1cnn(C)c1CNCc1ccc(C)s1. The highest BCUT2D eigenvalue weighted by Gasteiger charge is 2.16. The van der Waals surface area contributed by atoms with E-state index in [-0.39, 0.29) is 5.97 Å². The molecule has 0 fully saturated rings. The second-order valence-electron chi connectivity index (χ2n) is 4.46. The Hall–Kier alpha value is -1.66. The smallest absolute Gasteiger partial charge is 0.341 e. The Balaban J connectivity index is 1.98. The first-order valence-corrected chi connectivity index (χ1v) is 7.37. The van der Waals surface area contributed by atoms with Gasteiger partial charge >= 0.3 is 5.97 Å². The Bertz CT molecular complexity index is 589. The number of hydrogen-bond donors (Lipinski definition) is 1. The van der Waals surface area contributed by atoms with Crippen molar-refractivity contribution >= 4 is 17.3 Å². The van der Waals surface area contributed by atoms with Crippen LogP contribution in [0.4, 0.5) is 0 Å². The number of ether oxygens (including phenoxy) is 1. The summed E-state index contributed by atoms with van der Waals surface area (Å²) in [7, 11) is 1.83. The van der Waals surface area contributed by atoms with Crippen LogP contribution in [0.2, 0.25) is 0 Å². The Morgan fingerprint density at radius 3 is 2.90 bits per heavy atom. The second-order valence-corrected chi connectivity index (χ2v) is 5.84. The molecule has 0 aromatic carbocycles. The third-order valence-corrected chi connectivity index (χ3v) is 3.95. The molecule has 2 aromatic rings. The molecule has 0 atom stereocenters. The van der Waals surface area contributed by atoms with Crippen LogP contribution in [0.25, 0.3) is 0 Å². The lowest BCUT2D eigenvalue weighted by molar-refractivity contribution is 0.0524. The van der Waals surface area contributed by atoms with Gasteiger partial charge in [0.1, 0.15) is 5.56 Å². The highest BCUT2D eigenvalue weighted by molar-refractivity contribution is 7.11. The minimum atomic E-state index is -0.315. The summed E-state index contributed by atoms with van der Waals surface area (Å²) in [6.45, 7) is 5.63. The highest BCUT2D eigenvalue weighted by Crippen LogP contribution is 2.15.